The van der Waals surface area contributed by atoms with Crippen molar-refractivity contribution in [1.29, 1.82) is 0 Å². The Balaban J connectivity index is 0.000000292. The van der Waals surface area contributed by atoms with Crippen molar-refractivity contribution in [3.05, 3.63) is 0 Å². The van der Waals surface area contributed by atoms with Gasteiger partial charge in [0.2, 0.25) is 0 Å². The van der Waals surface area contributed by atoms with Gasteiger partial charge in [0.25, 0.3) is 0 Å². The summed E-state index contributed by atoms with van der Waals surface area (Å²) in [6, 6.07) is -0.269. The second-order valence-electron chi connectivity index (χ2n) is 2.10. The second kappa shape index (κ2) is 6.15. The Bertz CT molecular complexity index is 115. The molecule has 0 spiro atoms. The van der Waals surface area contributed by atoms with E-state index in [1.165, 1.54) is 0 Å². The van der Waals surface area contributed by atoms with Gasteiger partial charge in [-0.05, 0) is 19.4 Å². The number of carbonyl (C=O) groups is 1. The predicted octanol–water partition coefficient (Wildman–Crippen LogP) is -1.67. The third-order valence-electron chi connectivity index (χ3n) is 1.36. The highest BCUT2D eigenvalue weighted by molar-refractivity contribution is 6.13. The van der Waals surface area contributed by atoms with Crippen molar-refractivity contribution in [1.82, 2.24) is 5.32 Å². The number of rotatable bonds is 1. The van der Waals surface area contributed by atoms with Crippen LogP contribution in [-0.2, 0) is 4.79 Å². The van der Waals surface area contributed by atoms with E-state index in [1.807, 2.05) is 0 Å². The minimum Gasteiger partial charge on any atom is -0.480 e. The normalized spacial score (nSPS) is 21.8. The van der Waals surface area contributed by atoms with Gasteiger partial charge in [-0.15, -0.1) is 0 Å². The predicted molar refractivity (Wildman–Crippen MR) is 38.9 cm³/mol. The molecule has 1 rings (SSSR count). The Morgan fingerprint density at radius 1 is 1.55 bits per heavy atom. The maximum Gasteiger partial charge on any atom is 0.482 e. The first-order chi connectivity index (χ1) is 5.22. The molecular weight excluding hydrogens is 149 g/mol. The van der Waals surface area contributed by atoms with E-state index < -0.39 is 5.97 Å². The van der Waals surface area contributed by atoms with Gasteiger partial charge in [-0.3, -0.25) is 4.79 Å². The molecule has 0 saturated carbocycles. The number of hydrogen-bond acceptors (Lipinski definition) is 4. The summed E-state index contributed by atoms with van der Waals surface area (Å²) in [6.07, 6.45) is 1.78. The monoisotopic (exact) mass is 160 g/mol. The van der Waals surface area contributed by atoms with E-state index in [1.54, 1.807) is 0 Å². The highest BCUT2D eigenvalue weighted by atomic mass is 16.4. The van der Waals surface area contributed by atoms with Gasteiger partial charge in [-0.25, -0.2) is 0 Å². The van der Waals surface area contributed by atoms with Crippen LogP contribution in [0.3, 0.4) is 0 Å². The van der Waals surface area contributed by atoms with Crippen LogP contribution in [0.2, 0.25) is 0 Å². The molecular formula is C5H11BNO4. The Labute approximate surface area is 65.4 Å². The number of carboxylic acids is 1. The zero-order valence-electron chi connectivity index (χ0n) is 6.03. The molecule has 0 amide bonds. The number of hydrogen-bond donors (Lipinski definition) is 4. The van der Waals surface area contributed by atoms with Crippen LogP contribution in [-0.4, -0.2) is 41.4 Å². The van der Waals surface area contributed by atoms with Crippen LogP contribution in [0.25, 0.3) is 0 Å². The van der Waals surface area contributed by atoms with Crippen molar-refractivity contribution in [3.63, 3.8) is 0 Å². The summed E-state index contributed by atoms with van der Waals surface area (Å²) in [5, 5.41) is 25.2. The summed E-state index contributed by atoms with van der Waals surface area (Å²) in [6.45, 7) is 0.858. The fraction of sp³-hybridized carbons (Fsp3) is 0.800. The average molecular weight is 160 g/mol. The molecule has 0 unspecified atom stereocenters. The minimum absolute atomic E-state index is 0. The van der Waals surface area contributed by atoms with Crippen LogP contribution in [0, 0.1) is 0 Å². The van der Waals surface area contributed by atoms with Crippen LogP contribution < -0.4 is 5.32 Å². The SMILES string of the molecule is O=C(O)[C@@H]1CCCN1.O[B]O. The van der Waals surface area contributed by atoms with Gasteiger partial charge in [-0.1, -0.05) is 0 Å². The summed E-state index contributed by atoms with van der Waals surface area (Å²) in [5.41, 5.74) is 0. The largest absolute Gasteiger partial charge is 0.482 e. The molecule has 1 aliphatic rings. The second-order valence-corrected chi connectivity index (χ2v) is 2.10. The Morgan fingerprint density at radius 2 is 2.09 bits per heavy atom. The standard InChI is InChI=1S/C5H9NO2.BH2O2/c7-5(8)4-2-1-3-6-4;2-1-3/h4,6H,1-3H2,(H,7,8);2-3H/t4-;/m0./s1. The van der Waals surface area contributed by atoms with E-state index in [-0.39, 0.29) is 13.7 Å². The van der Waals surface area contributed by atoms with Crippen LogP contribution in [0.1, 0.15) is 12.8 Å². The lowest BCUT2D eigenvalue weighted by atomic mass is 10.2. The molecule has 1 saturated heterocycles. The number of carboxylic acid groups (broad SMARTS) is 1. The first-order valence-corrected chi connectivity index (χ1v) is 3.28. The molecule has 63 valence electrons. The van der Waals surface area contributed by atoms with Crippen LogP contribution in [0.4, 0.5) is 0 Å². The Morgan fingerprint density at radius 3 is 2.27 bits per heavy atom. The molecule has 5 nitrogen and oxygen atoms in total. The van der Waals surface area contributed by atoms with Crippen molar-refractivity contribution in [2.75, 3.05) is 6.54 Å². The van der Waals surface area contributed by atoms with Crippen molar-refractivity contribution in [2.24, 2.45) is 0 Å². The molecule has 0 bridgehead atoms. The van der Waals surface area contributed by atoms with E-state index in [0.29, 0.717) is 0 Å². The highest BCUT2D eigenvalue weighted by Crippen LogP contribution is 2.03. The van der Waals surface area contributed by atoms with E-state index in [4.69, 9.17) is 15.2 Å². The van der Waals surface area contributed by atoms with Gasteiger partial charge in [0.1, 0.15) is 6.04 Å². The topological polar surface area (TPSA) is 89.8 Å². The van der Waals surface area contributed by atoms with Gasteiger partial charge >= 0.3 is 13.7 Å². The van der Waals surface area contributed by atoms with Crippen molar-refractivity contribution < 1.29 is 19.9 Å². The van der Waals surface area contributed by atoms with Crippen LogP contribution >= 0.6 is 0 Å². The van der Waals surface area contributed by atoms with E-state index >= 15 is 0 Å². The Kier molecular flexibility index (Phi) is 5.82. The summed E-state index contributed by atoms with van der Waals surface area (Å²) < 4.78 is 0. The van der Waals surface area contributed by atoms with Gasteiger partial charge in [0.05, 0.1) is 0 Å². The third kappa shape index (κ3) is 4.77. The lowest BCUT2D eigenvalue weighted by Crippen LogP contribution is -2.29. The quantitative estimate of drug-likeness (QED) is 0.344. The number of aliphatic carboxylic acids is 1. The maximum absolute atomic E-state index is 10.1. The first kappa shape index (κ1) is 10.4. The molecule has 6 heteroatoms. The fourth-order valence-corrected chi connectivity index (χ4v) is 0.895. The molecule has 1 atom stereocenters. The fourth-order valence-electron chi connectivity index (χ4n) is 0.895. The zero-order chi connectivity index (χ0) is 8.69. The molecule has 0 aromatic heterocycles. The summed E-state index contributed by atoms with van der Waals surface area (Å²) in [7, 11) is 0. The van der Waals surface area contributed by atoms with Crippen molar-refractivity contribution in [2.45, 2.75) is 18.9 Å². The molecule has 1 aliphatic heterocycles. The van der Waals surface area contributed by atoms with E-state index in [9.17, 15) is 4.79 Å². The van der Waals surface area contributed by atoms with Crippen molar-refractivity contribution >= 4 is 13.7 Å². The van der Waals surface area contributed by atoms with Gasteiger partial charge in [0, 0.05) is 0 Å². The minimum atomic E-state index is -0.720. The van der Waals surface area contributed by atoms with E-state index in [0.717, 1.165) is 19.4 Å². The van der Waals surface area contributed by atoms with Crippen LogP contribution in [0.5, 0.6) is 0 Å². The highest BCUT2D eigenvalue weighted by Gasteiger charge is 2.20. The molecule has 0 aromatic rings. The van der Waals surface area contributed by atoms with Gasteiger partial charge in [0.15, 0.2) is 0 Å². The zero-order valence-corrected chi connectivity index (χ0v) is 6.03. The van der Waals surface area contributed by atoms with Crippen molar-refractivity contribution in [3.8, 4) is 0 Å². The molecule has 0 aliphatic carbocycles. The molecule has 1 radical (unpaired) electrons. The van der Waals surface area contributed by atoms with E-state index in [2.05, 4.69) is 5.32 Å². The maximum atomic E-state index is 10.1. The Hall–Kier alpha value is -0.585. The lowest BCUT2D eigenvalue weighted by molar-refractivity contribution is -0.139. The summed E-state index contributed by atoms with van der Waals surface area (Å²) in [4.78, 5) is 10.1. The molecule has 4 N–H and O–H groups in total. The smallest absolute Gasteiger partial charge is 0.480 e. The molecule has 1 fully saturated rings. The average Bonchev–Trinajstić information content (AvgIpc) is 2.38. The van der Waals surface area contributed by atoms with Gasteiger partial charge < -0.3 is 20.5 Å². The molecule has 11 heavy (non-hydrogen) atoms. The number of nitrogens with one attached hydrogen (secondary N) is 1. The summed E-state index contributed by atoms with van der Waals surface area (Å²) in [5.74, 6) is -0.720. The first-order valence-electron chi connectivity index (χ1n) is 3.28. The molecule has 1 heterocycles. The lowest BCUT2D eigenvalue weighted by Gasteiger charge is -1.99. The molecule has 0 aromatic carbocycles. The summed E-state index contributed by atoms with van der Waals surface area (Å²) >= 11 is 0. The van der Waals surface area contributed by atoms with Crippen LogP contribution in [0.15, 0.2) is 0 Å². The van der Waals surface area contributed by atoms with Gasteiger partial charge in [-0.2, -0.15) is 0 Å². The third-order valence-corrected chi connectivity index (χ3v) is 1.36.